The molecule has 4 nitrogen and oxygen atoms in total. The van der Waals surface area contributed by atoms with Crippen LogP contribution in [-0.2, 0) is 9.53 Å². The molecule has 0 fully saturated rings. The number of hydrogen-bond donors (Lipinski definition) is 2. The number of nitrogens with two attached hydrogens (primary N) is 1. The van der Waals surface area contributed by atoms with Crippen LogP contribution in [0.5, 0.6) is 0 Å². The Morgan fingerprint density at radius 2 is 2.10 bits per heavy atom. The van der Waals surface area contributed by atoms with Crippen molar-refractivity contribution in [1.29, 1.82) is 0 Å². The molecule has 0 heterocycles. The second-order valence-corrected chi connectivity index (χ2v) is 5.68. The van der Waals surface area contributed by atoms with E-state index in [0.29, 0.717) is 28.9 Å². The standard InChI is InChI=1S/C15H23ClN2O2/c1-10(2)5-4-8-20-11(3)15(19)18-12-6-7-13(16)14(17)9-12/h6-7,9-11H,4-5,8,17H2,1-3H3,(H,18,19). The maximum absolute atomic E-state index is 11.9. The zero-order valence-corrected chi connectivity index (χ0v) is 13.0. The number of nitrogens with one attached hydrogen (secondary N) is 1. The third-order valence-electron chi connectivity index (χ3n) is 2.93. The maximum Gasteiger partial charge on any atom is 0.253 e. The number of hydrogen-bond acceptors (Lipinski definition) is 3. The van der Waals surface area contributed by atoms with E-state index >= 15 is 0 Å². The van der Waals surface area contributed by atoms with E-state index in [1.807, 2.05) is 0 Å². The number of anilines is 2. The van der Waals surface area contributed by atoms with E-state index in [-0.39, 0.29) is 5.91 Å². The van der Waals surface area contributed by atoms with Crippen LogP contribution in [-0.4, -0.2) is 18.6 Å². The van der Waals surface area contributed by atoms with E-state index in [9.17, 15) is 4.79 Å². The minimum absolute atomic E-state index is 0.184. The third kappa shape index (κ3) is 5.80. The molecule has 5 heteroatoms. The zero-order valence-electron chi connectivity index (χ0n) is 12.3. The summed E-state index contributed by atoms with van der Waals surface area (Å²) < 4.78 is 5.51. The molecule has 1 aromatic rings. The van der Waals surface area contributed by atoms with Crippen LogP contribution < -0.4 is 11.1 Å². The first kappa shape index (κ1) is 16.8. The molecule has 112 valence electrons. The summed E-state index contributed by atoms with van der Waals surface area (Å²) in [6.45, 7) is 6.67. The van der Waals surface area contributed by atoms with E-state index in [1.54, 1.807) is 25.1 Å². The second kappa shape index (κ2) is 8.12. The highest BCUT2D eigenvalue weighted by Crippen LogP contribution is 2.22. The van der Waals surface area contributed by atoms with Gasteiger partial charge in [-0.1, -0.05) is 25.4 Å². The summed E-state index contributed by atoms with van der Waals surface area (Å²) >= 11 is 5.83. The molecule has 0 aliphatic rings. The first-order chi connectivity index (χ1) is 9.40. The molecule has 3 N–H and O–H groups in total. The maximum atomic E-state index is 11.9. The Hall–Kier alpha value is -1.26. The Morgan fingerprint density at radius 3 is 2.70 bits per heavy atom. The van der Waals surface area contributed by atoms with E-state index in [4.69, 9.17) is 22.1 Å². The van der Waals surface area contributed by atoms with Gasteiger partial charge in [0.15, 0.2) is 0 Å². The Bertz CT molecular complexity index is 449. The average molecular weight is 299 g/mol. The molecule has 0 saturated heterocycles. The highest BCUT2D eigenvalue weighted by molar-refractivity contribution is 6.33. The largest absolute Gasteiger partial charge is 0.397 e. The highest BCUT2D eigenvalue weighted by atomic mass is 35.5. The van der Waals surface area contributed by atoms with Crippen LogP contribution >= 0.6 is 11.6 Å². The van der Waals surface area contributed by atoms with Crippen LogP contribution in [0.15, 0.2) is 18.2 Å². The van der Waals surface area contributed by atoms with Crippen molar-refractivity contribution in [3.8, 4) is 0 Å². The summed E-state index contributed by atoms with van der Waals surface area (Å²) in [6.07, 6.45) is 1.57. The number of carbonyl (C=O) groups excluding carboxylic acids is 1. The summed E-state index contributed by atoms with van der Waals surface area (Å²) in [5.74, 6) is 0.469. The molecule has 0 radical (unpaired) electrons. The lowest BCUT2D eigenvalue weighted by Gasteiger charge is -2.14. The molecule has 1 atom stereocenters. The molecule has 0 bridgehead atoms. The predicted molar refractivity (Wildman–Crippen MR) is 84.0 cm³/mol. The van der Waals surface area contributed by atoms with Gasteiger partial charge >= 0.3 is 0 Å². The van der Waals surface area contributed by atoms with E-state index in [0.717, 1.165) is 12.8 Å². The molecule has 0 aromatic heterocycles. The lowest BCUT2D eigenvalue weighted by molar-refractivity contribution is -0.126. The van der Waals surface area contributed by atoms with Crippen LogP contribution in [0.1, 0.15) is 33.6 Å². The van der Waals surface area contributed by atoms with Crippen LogP contribution in [0.2, 0.25) is 5.02 Å². The van der Waals surface area contributed by atoms with Gasteiger partial charge in [0.05, 0.1) is 10.7 Å². The number of nitrogen functional groups attached to an aromatic ring is 1. The van der Waals surface area contributed by atoms with Gasteiger partial charge < -0.3 is 15.8 Å². The summed E-state index contributed by atoms with van der Waals surface area (Å²) in [7, 11) is 0. The quantitative estimate of drug-likeness (QED) is 0.596. The number of ether oxygens (including phenoxy) is 1. The van der Waals surface area contributed by atoms with Crippen molar-refractivity contribution in [2.45, 2.75) is 39.7 Å². The fourth-order valence-electron chi connectivity index (χ4n) is 1.69. The van der Waals surface area contributed by atoms with Gasteiger partial charge in [-0.05, 0) is 43.9 Å². The molecular formula is C15H23ClN2O2. The van der Waals surface area contributed by atoms with Crippen molar-refractivity contribution in [1.82, 2.24) is 0 Å². The molecule has 0 spiro atoms. The van der Waals surface area contributed by atoms with Gasteiger partial charge in [-0.25, -0.2) is 0 Å². The average Bonchev–Trinajstić information content (AvgIpc) is 2.38. The molecule has 1 unspecified atom stereocenters. The summed E-state index contributed by atoms with van der Waals surface area (Å²) in [6, 6.07) is 4.99. The lowest BCUT2D eigenvalue weighted by Crippen LogP contribution is -2.28. The SMILES string of the molecule is CC(C)CCCOC(C)C(=O)Nc1ccc(Cl)c(N)c1. The highest BCUT2D eigenvalue weighted by Gasteiger charge is 2.13. The molecule has 0 aliphatic carbocycles. The van der Waals surface area contributed by atoms with Gasteiger partial charge in [0.2, 0.25) is 0 Å². The van der Waals surface area contributed by atoms with Crippen LogP contribution in [0, 0.1) is 5.92 Å². The monoisotopic (exact) mass is 298 g/mol. The van der Waals surface area contributed by atoms with E-state index in [1.165, 1.54) is 0 Å². The van der Waals surface area contributed by atoms with Crippen molar-refractivity contribution in [3.63, 3.8) is 0 Å². The van der Waals surface area contributed by atoms with Gasteiger partial charge in [0, 0.05) is 12.3 Å². The Labute approximate surface area is 125 Å². The number of benzene rings is 1. The van der Waals surface area contributed by atoms with Gasteiger partial charge in [0.1, 0.15) is 6.10 Å². The van der Waals surface area contributed by atoms with Crippen LogP contribution in [0.3, 0.4) is 0 Å². The Kier molecular flexibility index (Phi) is 6.82. The van der Waals surface area contributed by atoms with E-state index < -0.39 is 6.10 Å². The smallest absolute Gasteiger partial charge is 0.253 e. The second-order valence-electron chi connectivity index (χ2n) is 5.27. The van der Waals surface area contributed by atoms with Gasteiger partial charge in [-0.3, -0.25) is 4.79 Å². The number of amides is 1. The molecule has 0 aliphatic heterocycles. The summed E-state index contributed by atoms with van der Waals surface area (Å²) in [5.41, 5.74) is 6.74. The van der Waals surface area contributed by atoms with Crippen molar-refractivity contribution in [3.05, 3.63) is 23.2 Å². The lowest BCUT2D eigenvalue weighted by atomic mass is 10.1. The Morgan fingerprint density at radius 1 is 1.40 bits per heavy atom. The molecule has 20 heavy (non-hydrogen) atoms. The molecule has 1 aromatic carbocycles. The van der Waals surface area contributed by atoms with Crippen molar-refractivity contribution in [2.75, 3.05) is 17.7 Å². The number of carbonyl (C=O) groups is 1. The van der Waals surface area contributed by atoms with Gasteiger partial charge in [-0.2, -0.15) is 0 Å². The third-order valence-corrected chi connectivity index (χ3v) is 3.27. The molecule has 1 rings (SSSR count). The molecular weight excluding hydrogens is 276 g/mol. The molecule has 0 saturated carbocycles. The Balaban J connectivity index is 2.39. The number of rotatable bonds is 7. The van der Waals surface area contributed by atoms with Crippen LogP contribution in [0.25, 0.3) is 0 Å². The van der Waals surface area contributed by atoms with E-state index in [2.05, 4.69) is 19.2 Å². The van der Waals surface area contributed by atoms with Crippen molar-refractivity contribution >= 4 is 28.9 Å². The first-order valence-corrected chi connectivity index (χ1v) is 7.25. The fraction of sp³-hybridized carbons (Fsp3) is 0.533. The minimum atomic E-state index is -0.487. The molecule has 1 amide bonds. The topological polar surface area (TPSA) is 64.3 Å². The summed E-state index contributed by atoms with van der Waals surface area (Å²) in [4.78, 5) is 11.9. The van der Waals surface area contributed by atoms with Crippen molar-refractivity contribution in [2.24, 2.45) is 5.92 Å². The fourth-order valence-corrected chi connectivity index (χ4v) is 1.81. The van der Waals surface area contributed by atoms with Gasteiger partial charge in [0.25, 0.3) is 5.91 Å². The van der Waals surface area contributed by atoms with Crippen LogP contribution in [0.4, 0.5) is 11.4 Å². The number of halogens is 1. The van der Waals surface area contributed by atoms with Gasteiger partial charge in [-0.15, -0.1) is 0 Å². The summed E-state index contributed by atoms with van der Waals surface area (Å²) in [5, 5.41) is 3.23. The zero-order chi connectivity index (χ0) is 15.1. The predicted octanol–water partition coefficient (Wildman–Crippen LogP) is 3.70. The normalized spacial score (nSPS) is 12.4. The van der Waals surface area contributed by atoms with Crippen molar-refractivity contribution < 1.29 is 9.53 Å². The first-order valence-electron chi connectivity index (χ1n) is 6.87. The minimum Gasteiger partial charge on any atom is -0.397 e.